The zero-order valence-corrected chi connectivity index (χ0v) is 22.0. The lowest BCUT2D eigenvalue weighted by Crippen LogP contribution is -2.57. The number of carbonyl (C=O) groups excluding carboxylic acids is 3. The Bertz CT molecular complexity index is 926. The van der Waals surface area contributed by atoms with E-state index in [9.17, 15) is 29.1 Å². The first-order valence-electron chi connectivity index (χ1n) is 12.8. The van der Waals surface area contributed by atoms with Gasteiger partial charge in [0.25, 0.3) is 0 Å². The van der Waals surface area contributed by atoms with Crippen LogP contribution in [0.1, 0.15) is 57.9 Å². The van der Waals surface area contributed by atoms with E-state index in [-0.39, 0.29) is 25.2 Å². The molecule has 0 fully saturated rings. The third-order valence-electron chi connectivity index (χ3n) is 5.82. The standard InChI is InChI=1S/C26H41N5O7/c1-16(2)14-20(24(35)29-19(26(37)38)11-12-22(32)33)31-25(36)21(15-17-8-4-3-5-9-17)30-23(34)18(28)10-6-7-13-27/h3-5,8-9,16,18-21H,6-7,10-15,27-28H2,1-2H3,(H,29,35)(H,30,34)(H,31,36)(H,32,33)(H,37,38). The van der Waals surface area contributed by atoms with Crippen molar-refractivity contribution in [3.63, 3.8) is 0 Å². The fourth-order valence-electron chi connectivity index (χ4n) is 3.75. The number of unbranched alkanes of at least 4 members (excludes halogenated alkanes) is 1. The molecule has 4 unspecified atom stereocenters. The second-order valence-corrected chi connectivity index (χ2v) is 9.66. The first kappa shape index (κ1) is 32.5. The maximum Gasteiger partial charge on any atom is 0.326 e. The highest BCUT2D eigenvalue weighted by atomic mass is 16.4. The van der Waals surface area contributed by atoms with E-state index in [1.165, 1.54) is 0 Å². The van der Waals surface area contributed by atoms with E-state index in [1.54, 1.807) is 24.3 Å². The molecule has 0 aliphatic rings. The van der Waals surface area contributed by atoms with Crippen LogP contribution in [-0.4, -0.2) is 70.6 Å². The van der Waals surface area contributed by atoms with Gasteiger partial charge >= 0.3 is 11.9 Å². The molecule has 0 saturated carbocycles. The van der Waals surface area contributed by atoms with Gasteiger partial charge in [-0.3, -0.25) is 19.2 Å². The van der Waals surface area contributed by atoms with Crippen LogP contribution in [0.2, 0.25) is 0 Å². The molecule has 0 aliphatic carbocycles. The monoisotopic (exact) mass is 535 g/mol. The third kappa shape index (κ3) is 12.6. The Hall–Kier alpha value is -3.51. The fourth-order valence-corrected chi connectivity index (χ4v) is 3.75. The Morgan fingerprint density at radius 1 is 0.816 bits per heavy atom. The topological polar surface area (TPSA) is 214 Å². The minimum Gasteiger partial charge on any atom is -0.481 e. The summed E-state index contributed by atoms with van der Waals surface area (Å²) in [6.45, 7) is 4.13. The van der Waals surface area contributed by atoms with Gasteiger partial charge in [0.15, 0.2) is 0 Å². The zero-order valence-electron chi connectivity index (χ0n) is 22.0. The molecule has 3 amide bonds. The SMILES string of the molecule is CC(C)CC(NC(=O)C(Cc1ccccc1)NC(=O)C(N)CCCCN)C(=O)NC(CCC(=O)O)C(=O)O. The van der Waals surface area contributed by atoms with Crippen LogP contribution in [0, 0.1) is 5.92 Å². The van der Waals surface area contributed by atoms with Crippen molar-refractivity contribution in [1.82, 2.24) is 16.0 Å². The quantitative estimate of drug-likeness (QED) is 0.127. The van der Waals surface area contributed by atoms with E-state index in [1.807, 2.05) is 19.9 Å². The summed E-state index contributed by atoms with van der Waals surface area (Å²) in [5.41, 5.74) is 12.3. The number of carbonyl (C=O) groups is 5. The summed E-state index contributed by atoms with van der Waals surface area (Å²) in [5.74, 6) is -4.53. The number of aliphatic carboxylic acids is 2. The van der Waals surface area contributed by atoms with E-state index in [0.29, 0.717) is 25.8 Å². The Kier molecular flexibility index (Phi) is 14.6. The fraction of sp³-hybridized carbons (Fsp3) is 0.577. The molecule has 12 nitrogen and oxygen atoms in total. The van der Waals surface area contributed by atoms with Gasteiger partial charge in [0.2, 0.25) is 17.7 Å². The summed E-state index contributed by atoms with van der Waals surface area (Å²) in [4.78, 5) is 61.5. The largest absolute Gasteiger partial charge is 0.481 e. The highest BCUT2D eigenvalue weighted by Crippen LogP contribution is 2.10. The zero-order chi connectivity index (χ0) is 28.7. The molecule has 0 spiro atoms. The van der Waals surface area contributed by atoms with Gasteiger partial charge in [-0.15, -0.1) is 0 Å². The highest BCUT2D eigenvalue weighted by molar-refractivity contribution is 5.94. The molecule has 12 heteroatoms. The molecule has 0 bridgehead atoms. The van der Waals surface area contributed by atoms with Crippen molar-refractivity contribution in [3.8, 4) is 0 Å². The summed E-state index contributed by atoms with van der Waals surface area (Å²) < 4.78 is 0. The van der Waals surface area contributed by atoms with Crippen LogP contribution in [0.4, 0.5) is 0 Å². The number of nitrogens with one attached hydrogen (secondary N) is 3. The Morgan fingerprint density at radius 2 is 1.39 bits per heavy atom. The van der Waals surface area contributed by atoms with E-state index >= 15 is 0 Å². The number of hydrogen-bond donors (Lipinski definition) is 7. The van der Waals surface area contributed by atoms with E-state index in [2.05, 4.69) is 16.0 Å². The Labute approximate surface area is 222 Å². The number of rotatable bonds is 18. The summed E-state index contributed by atoms with van der Waals surface area (Å²) in [6.07, 6.45) is 1.33. The molecule has 4 atom stereocenters. The molecule has 0 aliphatic heterocycles. The van der Waals surface area contributed by atoms with Crippen LogP contribution in [-0.2, 0) is 30.4 Å². The number of benzene rings is 1. The van der Waals surface area contributed by atoms with Crippen LogP contribution in [0.5, 0.6) is 0 Å². The summed E-state index contributed by atoms with van der Waals surface area (Å²) >= 11 is 0. The molecule has 0 heterocycles. The number of amides is 3. The highest BCUT2D eigenvalue weighted by Gasteiger charge is 2.31. The van der Waals surface area contributed by atoms with E-state index < -0.39 is 60.2 Å². The molecule has 1 aromatic rings. The minimum absolute atomic E-state index is 0.0496. The molecular weight excluding hydrogens is 494 g/mol. The maximum atomic E-state index is 13.3. The van der Waals surface area contributed by atoms with Gasteiger partial charge in [0, 0.05) is 12.8 Å². The van der Waals surface area contributed by atoms with Crippen molar-refractivity contribution >= 4 is 29.7 Å². The average molecular weight is 536 g/mol. The molecule has 9 N–H and O–H groups in total. The Morgan fingerprint density at radius 3 is 1.95 bits per heavy atom. The lowest BCUT2D eigenvalue weighted by atomic mass is 10.00. The van der Waals surface area contributed by atoms with Crippen LogP contribution in [0.3, 0.4) is 0 Å². The van der Waals surface area contributed by atoms with Crippen molar-refractivity contribution in [2.75, 3.05) is 6.54 Å². The van der Waals surface area contributed by atoms with Crippen molar-refractivity contribution < 1.29 is 34.2 Å². The van der Waals surface area contributed by atoms with Crippen LogP contribution >= 0.6 is 0 Å². The first-order chi connectivity index (χ1) is 17.9. The normalized spacial score (nSPS) is 14.1. The number of hydrogen-bond acceptors (Lipinski definition) is 7. The summed E-state index contributed by atoms with van der Waals surface area (Å²) in [5, 5.41) is 25.9. The van der Waals surface area contributed by atoms with Crippen molar-refractivity contribution in [2.24, 2.45) is 17.4 Å². The van der Waals surface area contributed by atoms with E-state index in [4.69, 9.17) is 16.6 Å². The second-order valence-electron chi connectivity index (χ2n) is 9.66. The molecule has 1 aromatic carbocycles. The van der Waals surface area contributed by atoms with Gasteiger partial charge in [-0.05, 0) is 43.7 Å². The van der Waals surface area contributed by atoms with Gasteiger partial charge in [-0.2, -0.15) is 0 Å². The van der Waals surface area contributed by atoms with Gasteiger partial charge in [0.1, 0.15) is 18.1 Å². The summed E-state index contributed by atoms with van der Waals surface area (Å²) in [6, 6.07) is 4.57. The lowest BCUT2D eigenvalue weighted by molar-refractivity contribution is -0.143. The van der Waals surface area contributed by atoms with Crippen LogP contribution in [0.15, 0.2) is 30.3 Å². The predicted octanol–water partition coefficient (Wildman–Crippen LogP) is 0.135. The van der Waals surface area contributed by atoms with Gasteiger partial charge in [0.05, 0.1) is 6.04 Å². The average Bonchev–Trinajstić information content (AvgIpc) is 2.85. The molecule has 0 radical (unpaired) electrons. The smallest absolute Gasteiger partial charge is 0.326 e. The van der Waals surface area contributed by atoms with Gasteiger partial charge in [-0.25, -0.2) is 4.79 Å². The Balaban J connectivity index is 3.06. The van der Waals surface area contributed by atoms with Crippen molar-refractivity contribution in [2.45, 2.75) is 83.0 Å². The maximum absolute atomic E-state index is 13.3. The molecule has 38 heavy (non-hydrogen) atoms. The number of nitrogens with two attached hydrogens (primary N) is 2. The lowest BCUT2D eigenvalue weighted by Gasteiger charge is -2.26. The molecular formula is C26H41N5O7. The summed E-state index contributed by atoms with van der Waals surface area (Å²) in [7, 11) is 0. The second kappa shape index (κ2) is 17.1. The molecule has 212 valence electrons. The van der Waals surface area contributed by atoms with Crippen LogP contribution in [0.25, 0.3) is 0 Å². The van der Waals surface area contributed by atoms with Gasteiger partial charge < -0.3 is 37.6 Å². The van der Waals surface area contributed by atoms with Crippen molar-refractivity contribution in [1.29, 1.82) is 0 Å². The van der Waals surface area contributed by atoms with Gasteiger partial charge in [-0.1, -0.05) is 50.6 Å². The van der Waals surface area contributed by atoms with E-state index in [0.717, 1.165) is 5.56 Å². The molecule has 0 aromatic heterocycles. The molecule has 1 rings (SSSR count). The predicted molar refractivity (Wildman–Crippen MR) is 141 cm³/mol. The van der Waals surface area contributed by atoms with Crippen molar-refractivity contribution in [3.05, 3.63) is 35.9 Å². The third-order valence-corrected chi connectivity index (χ3v) is 5.82. The minimum atomic E-state index is -1.43. The first-order valence-corrected chi connectivity index (χ1v) is 12.8. The number of carboxylic acids is 2. The van der Waals surface area contributed by atoms with Crippen LogP contribution < -0.4 is 27.4 Å². The number of carboxylic acid groups (broad SMARTS) is 2. The molecule has 0 saturated heterocycles.